The first-order valence-electron chi connectivity index (χ1n) is 5.99. The van der Waals surface area contributed by atoms with Crippen LogP contribution in [0.2, 0.25) is 8.23 Å². The fourth-order valence-corrected chi connectivity index (χ4v) is 2.33. The summed E-state index contributed by atoms with van der Waals surface area (Å²) in [5.74, 6) is -2.08. The van der Waals surface area contributed by atoms with Crippen LogP contribution in [0.25, 0.3) is 0 Å². The average molecular weight is 242 g/mol. The summed E-state index contributed by atoms with van der Waals surface area (Å²) in [6.07, 6.45) is 0.490. The third-order valence-electron chi connectivity index (χ3n) is 3.35. The van der Waals surface area contributed by atoms with Gasteiger partial charge in [-0.3, -0.25) is 9.59 Å². The number of primary amides is 1. The predicted molar refractivity (Wildman–Crippen MR) is 62.0 cm³/mol. The molecule has 6 nitrogen and oxygen atoms in total. The van der Waals surface area contributed by atoms with E-state index in [9.17, 15) is 14.7 Å². The Morgan fingerprint density at radius 1 is 1.65 bits per heavy atom. The number of nitrogens with two attached hydrogens (primary N) is 1. The van der Waals surface area contributed by atoms with Gasteiger partial charge in [0.1, 0.15) is 0 Å². The van der Waals surface area contributed by atoms with Crippen molar-refractivity contribution >= 4 is 19.2 Å². The Morgan fingerprint density at radius 2 is 2.29 bits per heavy atom. The van der Waals surface area contributed by atoms with Crippen LogP contribution in [0, 0.1) is 11.8 Å². The van der Waals surface area contributed by atoms with Gasteiger partial charge in [0.05, 0.1) is 24.0 Å². The van der Waals surface area contributed by atoms with Gasteiger partial charge in [0.2, 0.25) is 19.2 Å². The number of hydrogen-bond acceptors (Lipinski definition) is 4. The van der Waals surface area contributed by atoms with Gasteiger partial charge in [-0.25, -0.2) is 0 Å². The summed E-state index contributed by atoms with van der Waals surface area (Å²) in [7, 11) is 2.93. The molecule has 1 fully saturated rings. The zero-order valence-electron chi connectivity index (χ0n) is 11.0. The van der Waals surface area contributed by atoms with Gasteiger partial charge < -0.3 is 20.8 Å². The number of carbonyl (C=O) groups is 2. The van der Waals surface area contributed by atoms with E-state index in [1.807, 2.05) is 0 Å². The Kier molecular flexibility index (Phi) is 4.01. The number of ether oxygens (including phenoxy) is 1. The fourth-order valence-electron chi connectivity index (χ4n) is 2.33. The lowest BCUT2D eigenvalue weighted by atomic mass is 9.91. The Labute approximate surface area is 103 Å². The van der Waals surface area contributed by atoms with Gasteiger partial charge >= 0.3 is 0 Å². The number of nitrogens with one attached hydrogen (secondary N) is 1. The van der Waals surface area contributed by atoms with Crippen LogP contribution < -0.4 is 11.0 Å². The maximum absolute atomic E-state index is 11.9. The first-order valence-corrected chi connectivity index (χ1v) is 5.49. The third-order valence-corrected chi connectivity index (χ3v) is 3.35. The molecule has 0 saturated heterocycles. The molecule has 0 aromatic carbocycles. The van der Waals surface area contributed by atoms with Gasteiger partial charge in [-0.1, -0.05) is 6.82 Å². The number of carbonyl (C=O) groups excluding carboxylic acids is 2. The van der Waals surface area contributed by atoms with Crippen LogP contribution in [0.15, 0.2) is 0 Å². The fraction of sp³-hybridized carbons (Fsp3) is 0.800. The van der Waals surface area contributed by atoms with Gasteiger partial charge in [0.15, 0.2) is 1.41 Å². The average Bonchev–Trinajstić information content (AvgIpc) is 2.79. The lowest BCUT2D eigenvalue weighted by molar-refractivity contribution is -0.131. The SMILES string of the molecule is [2H]NC(=O)[C@H]1CC(CO)(OC)C[C@@H]1C(=O)N[B]C. The summed E-state index contributed by atoms with van der Waals surface area (Å²) in [6.45, 7) is 1.41. The molecule has 1 aliphatic carbocycles. The first kappa shape index (κ1) is 12.4. The minimum atomic E-state index is -0.882. The summed E-state index contributed by atoms with van der Waals surface area (Å²) >= 11 is 0. The van der Waals surface area contributed by atoms with E-state index < -0.39 is 23.3 Å². The van der Waals surface area contributed by atoms with E-state index in [4.69, 9.17) is 6.15 Å². The second kappa shape index (κ2) is 5.51. The topological polar surface area (TPSA) is 102 Å². The minimum Gasteiger partial charge on any atom is -0.403 e. The van der Waals surface area contributed by atoms with Gasteiger partial charge in [-0.05, 0) is 12.8 Å². The normalized spacial score (nSPS) is 32.8. The van der Waals surface area contributed by atoms with Crippen LogP contribution in [0.5, 0.6) is 0 Å². The van der Waals surface area contributed by atoms with Gasteiger partial charge in [0.25, 0.3) is 0 Å². The molecule has 0 bridgehead atoms. The molecule has 0 aromatic rings. The highest BCUT2D eigenvalue weighted by atomic mass is 16.5. The molecule has 1 radical (unpaired) electrons. The summed E-state index contributed by atoms with van der Waals surface area (Å²) in [4.78, 5) is 23.5. The second-order valence-corrected chi connectivity index (χ2v) is 4.33. The molecule has 0 heterocycles. The van der Waals surface area contributed by atoms with E-state index >= 15 is 0 Å². The van der Waals surface area contributed by atoms with E-state index in [0.717, 1.165) is 0 Å². The molecule has 1 unspecified atom stereocenters. The maximum Gasteiger partial charge on any atom is 0.242 e. The van der Waals surface area contributed by atoms with Gasteiger partial charge in [-0.2, -0.15) is 0 Å². The van der Waals surface area contributed by atoms with Crippen molar-refractivity contribution in [2.45, 2.75) is 25.3 Å². The van der Waals surface area contributed by atoms with Crippen LogP contribution in [0.4, 0.5) is 0 Å². The molecule has 2 amide bonds. The lowest BCUT2D eigenvalue weighted by Gasteiger charge is -2.24. The number of aliphatic hydroxyl groups excluding tert-OH is 1. The van der Waals surface area contributed by atoms with Crippen molar-refractivity contribution in [3.8, 4) is 0 Å². The van der Waals surface area contributed by atoms with Crippen LogP contribution >= 0.6 is 0 Å². The third kappa shape index (κ3) is 2.78. The van der Waals surface area contributed by atoms with Gasteiger partial charge in [0, 0.05) is 7.11 Å². The molecule has 3 atom stereocenters. The summed E-state index contributed by atoms with van der Waals surface area (Å²) in [5, 5.41) is 11.9. The van der Waals surface area contributed by atoms with Crippen molar-refractivity contribution < 1.29 is 20.8 Å². The molecule has 95 valence electrons. The minimum absolute atomic E-state index is 0.229. The van der Waals surface area contributed by atoms with Crippen LogP contribution in [0.1, 0.15) is 12.8 Å². The maximum atomic E-state index is 11.9. The lowest BCUT2D eigenvalue weighted by Crippen LogP contribution is -2.38. The highest BCUT2D eigenvalue weighted by molar-refractivity contribution is 6.35. The highest BCUT2D eigenvalue weighted by Crippen LogP contribution is 2.41. The zero-order valence-corrected chi connectivity index (χ0v) is 10.0. The van der Waals surface area contributed by atoms with E-state index in [0.29, 0.717) is 0 Å². The number of aliphatic hydroxyl groups is 1. The number of amides is 2. The highest BCUT2D eigenvalue weighted by Gasteiger charge is 2.50. The molecule has 1 aliphatic rings. The summed E-state index contributed by atoms with van der Waals surface area (Å²) < 4.78 is 12.2. The van der Waals surface area contributed by atoms with Crippen molar-refractivity contribution in [2.75, 3.05) is 13.7 Å². The van der Waals surface area contributed by atoms with Crippen molar-refractivity contribution in [1.82, 2.24) is 5.23 Å². The molecule has 0 aromatic heterocycles. The molecular formula is C10H18BN2O4. The Bertz CT molecular complexity index is 325. The quantitative estimate of drug-likeness (QED) is 0.519. The first-order chi connectivity index (χ1) is 8.53. The van der Waals surface area contributed by atoms with Crippen LogP contribution in [-0.4, -0.2) is 43.7 Å². The monoisotopic (exact) mass is 242 g/mol. The van der Waals surface area contributed by atoms with Crippen LogP contribution in [0.3, 0.4) is 0 Å². The van der Waals surface area contributed by atoms with Crippen LogP contribution in [-0.2, 0) is 14.3 Å². The van der Waals surface area contributed by atoms with Crippen molar-refractivity contribution in [1.29, 1.82) is 0 Å². The van der Waals surface area contributed by atoms with E-state index in [2.05, 4.69) is 5.23 Å². The second-order valence-electron chi connectivity index (χ2n) is 4.33. The molecule has 1 rings (SSSR count). The standard InChI is InChI=1S/C10H18BN2O4/c1-11-13-9(16)7-4-10(5-14,17-2)3-6(7)8(12)15/h6-7,14H,3-5H2,1-2H3,(H2,12,15)(H,13,16)/t6-,7-,10?/m0/s1/i/hD. The largest absolute Gasteiger partial charge is 0.403 e. The zero-order chi connectivity index (χ0) is 13.8. The molecule has 1 saturated carbocycles. The Hall–Kier alpha value is -1.08. The Balaban J connectivity index is 2.91. The molecule has 4 N–H and O–H groups in total. The number of hydrogen-bond donors (Lipinski definition) is 3. The summed E-state index contributed by atoms with van der Waals surface area (Å²) in [5.41, 5.74) is 0.921. The molecule has 0 spiro atoms. The van der Waals surface area contributed by atoms with Gasteiger partial charge in [-0.15, -0.1) is 0 Å². The Morgan fingerprint density at radius 3 is 2.76 bits per heavy atom. The smallest absolute Gasteiger partial charge is 0.242 e. The predicted octanol–water partition coefficient (Wildman–Crippen LogP) is -1.34. The molecule has 7 heteroatoms. The van der Waals surface area contributed by atoms with Crippen molar-refractivity contribution in [3.05, 3.63) is 0 Å². The van der Waals surface area contributed by atoms with E-state index in [-0.39, 0.29) is 25.4 Å². The number of methoxy groups -OCH3 is 1. The molecular weight excluding hydrogens is 223 g/mol. The van der Waals surface area contributed by atoms with E-state index in [1.54, 1.807) is 12.5 Å². The number of rotatable bonds is 5. The van der Waals surface area contributed by atoms with Crippen molar-refractivity contribution in [3.63, 3.8) is 0 Å². The summed E-state index contributed by atoms with van der Waals surface area (Å²) in [6, 6.07) is 0. The molecule has 17 heavy (non-hydrogen) atoms. The van der Waals surface area contributed by atoms with E-state index in [1.165, 1.54) is 14.5 Å². The molecule has 0 aliphatic heterocycles. The van der Waals surface area contributed by atoms with Crippen molar-refractivity contribution in [2.24, 2.45) is 17.6 Å².